The number of aliphatic hydroxyl groups excluding tert-OH is 1. The molecule has 4 rings (SSSR count). The van der Waals surface area contributed by atoms with Gasteiger partial charge in [0.05, 0.1) is 28.7 Å². The minimum atomic E-state index is -3.62. The number of carbonyl (C=O) groups is 2. The van der Waals surface area contributed by atoms with E-state index in [0.29, 0.717) is 52.1 Å². The summed E-state index contributed by atoms with van der Waals surface area (Å²) in [6, 6.07) is 6.46. The van der Waals surface area contributed by atoms with Gasteiger partial charge in [-0.05, 0) is 93.6 Å². The van der Waals surface area contributed by atoms with Gasteiger partial charge in [0.25, 0.3) is 0 Å². The molecular weight excluding hydrogens is 701 g/mol. The standard InChI is InChI=1S/C39H66N4O9S/c1-25-13-15-30(16-14-25)53(47,48)43-19-17-42(18-20-43)24-32-29(5)51-37(46)38(6,7)34(45)28(4)35(39(8,49-12)22-26(2)23-41(32)11)52-36-33(44)31(40(9)10)21-27(3)50-36/h13-16,26-29,31-33,35-36,44H,17-24H2,1-12H3/t26-,27-,28+,29+,31+,32+,33-,35-,36+,39-/m1/s1. The van der Waals surface area contributed by atoms with Crippen LogP contribution in [0.4, 0.5) is 0 Å². The van der Waals surface area contributed by atoms with Crippen LogP contribution in [0.25, 0.3) is 0 Å². The van der Waals surface area contributed by atoms with E-state index in [1.165, 1.54) is 4.31 Å². The number of ketones is 1. The van der Waals surface area contributed by atoms with Crippen molar-refractivity contribution < 1.29 is 42.1 Å². The average Bonchev–Trinajstić information content (AvgIpc) is 3.09. The molecule has 0 unspecified atom stereocenters. The maximum absolute atomic E-state index is 14.4. The van der Waals surface area contributed by atoms with Crippen LogP contribution in [0.3, 0.4) is 0 Å². The molecule has 3 aliphatic heterocycles. The van der Waals surface area contributed by atoms with Crippen molar-refractivity contribution in [1.82, 2.24) is 19.0 Å². The van der Waals surface area contributed by atoms with E-state index >= 15 is 0 Å². The molecule has 1 aromatic carbocycles. The summed E-state index contributed by atoms with van der Waals surface area (Å²) >= 11 is 0. The topological polar surface area (TPSA) is 138 Å². The fraction of sp³-hybridized carbons (Fsp3) is 0.795. The number of sulfonamides is 1. The number of likely N-dealkylation sites (N-methyl/N-ethyl adjacent to an activating group) is 2. The van der Waals surface area contributed by atoms with Crippen molar-refractivity contribution in [2.75, 3.05) is 67.5 Å². The van der Waals surface area contributed by atoms with Gasteiger partial charge in [0.1, 0.15) is 17.6 Å². The summed E-state index contributed by atoms with van der Waals surface area (Å²) in [5, 5.41) is 11.4. The van der Waals surface area contributed by atoms with Crippen molar-refractivity contribution >= 4 is 21.8 Å². The summed E-state index contributed by atoms with van der Waals surface area (Å²) < 4.78 is 53.5. The number of piperazine rings is 1. The molecule has 3 fully saturated rings. The lowest BCUT2D eigenvalue weighted by molar-refractivity contribution is -0.295. The van der Waals surface area contributed by atoms with Gasteiger partial charge in [-0.25, -0.2) is 8.42 Å². The Labute approximate surface area is 318 Å². The third kappa shape index (κ3) is 9.87. The molecule has 0 spiro atoms. The van der Waals surface area contributed by atoms with E-state index in [-0.39, 0.29) is 34.8 Å². The Morgan fingerprint density at radius 2 is 1.60 bits per heavy atom. The number of ether oxygens (including phenoxy) is 4. The number of hydrogen-bond donors (Lipinski definition) is 1. The number of aryl methyl sites for hydroxylation is 1. The summed E-state index contributed by atoms with van der Waals surface area (Å²) in [7, 11) is 3.81. The Bertz CT molecular complexity index is 1500. The van der Waals surface area contributed by atoms with Gasteiger partial charge in [-0.1, -0.05) is 31.5 Å². The number of hydrogen-bond acceptors (Lipinski definition) is 12. The lowest BCUT2D eigenvalue weighted by Gasteiger charge is -2.47. The third-order valence-corrected chi connectivity index (χ3v) is 13.7. The van der Waals surface area contributed by atoms with Gasteiger partial charge in [0.15, 0.2) is 12.1 Å². The number of aliphatic hydroxyl groups is 1. The maximum atomic E-state index is 14.4. The highest BCUT2D eigenvalue weighted by molar-refractivity contribution is 7.89. The Morgan fingerprint density at radius 3 is 2.17 bits per heavy atom. The van der Waals surface area contributed by atoms with E-state index in [4.69, 9.17) is 18.9 Å². The zero-order valence-electron chi connectivity index (χ0n) is 34.1. The summed E-state index contributed by atoms with van der Waals surface area (Å²) in [5.41, 5.74) is -1.52. The van der Waals surface area contributed by atoms with Crippen molar-refractivity contribution in [3.63, 3.8) is 0 Å². The molecule has 3 heterocycles. The predicted molar refractivity (Wildman–Crippen MR) is 203 cm³/mol. The van der Waals surface area contributed by atoms with Crippen molar-refractivity contribution in [2.24, 2.45) is 17.3 Å². The molecule has 13 nitrogen and oxygen atoms in total. The molecule has 0 radical (unpaired) electrons. The molecule has 0 amide bonds. The molecule has 3 saturated heterocycles. The number of benzene rings is 1. The van der Waals surface area contributed by atoms with Crippen LogP contribution in [-0.2, 0) is 38.6 Å². The summed E-state index contributed by atoms with van der Waals surface area (Å²) in [5.74, 6) is -1.76. The molecule has 14 heteroatoms. The van der Waals surface area contributed by atoms with Crippen molar-refractivity contribution in [3.05, 3.63) is 29.8 Å². The lowest BCUT2D eigenvalue weighted by Crippen LogP contribution is -2.59. The Balaban J connectivity index is 1.58. The number of rotatable bonds is 8. The largest absolute Gasteiger partial charge is 0.460 e. The van der Waals surface area contributed by atoms with Crippen LogP contribution in [0.5, 0.6) is 0 Å². The van der Waals surface area contributed by atoms with Gasteiger partial charge in [-0.15, -0.1) is 0 Å². The fourth-order valence-electron chi connectivity index (χ4n) is 8.41. The van der Waals surface area contributed by atoms with Crippen LogP contribution in [0.2, 0.25) is 0 Å². The fourth-order valence-corrected chi connectivity index (χ4v) is 9.84. The molecule has 3 aliphatic rings. The van der Waals surface area contributed by atoms with Crippen LogP contribution in [0, 0.1) is 24.2 Å². The molecule has 0 bridgehead atoms. The molecule has 0 saturated carbocycles. The summed E-state index contributed by atoms with van der Waals surface area (Å²) in [6.45, 7) is 17.6. The molecule has 1 N–H and O–H groups in total. The second kappa shape index (κ2) is 17.4. The number of cyclic esters (lactones) is 1. The zero-order valence-corrected chi connectivity index (χ0v) is 34.9. The minimum absolute atomic E-state index is 0.0414. The Hall–Kier alpha value is -2.01. The van der Waals surface area contributed by atoms with Crippen molar-refractivity contribution in [2.45, 2.75) is 122 Å². The molecule has 0 aliphatic carbocycles. The second-order valence-corrected chi connectivity index (χ2v) is 18.8. The predicted octanol–water partition coefficient (Wildman–Crippen LogP) is 3.02. The van der Waals surface area contributed by atoms with Gasteiger partial charge in [-0.3, -0.25) is 19.4 Å². The smallest absolute Gasteiger partial charge is 0.319 e. The molecule has 53 heavy (non-hydrogen) atoms. The molecular formula is C39H66N4O9S. The van der Waals surface area contributed by atoms with E-state index in [1.807, 2.05) is 65.9 Å². The van der Waals surface area contributed by atoms with Gasteiger partial charge in [0, 0.05) is 58.3 Å². The minimum Gasteiger partial charge on any atom is -0.460 e. The first-order valence-corrected chi connectivity index (χ1v) is 20.5. The first-order valence-electron chi connectivity index (χ1n) is 19.1. The van der Waals surface area contributed by atoms with Crippen LogP contribution < -0.4 is 0 Å². The van der Waals surface area contributed by atoms with Crippen LogP contribution >= 0.6 is 0 Å². The lowest BCUT2D eigenvalue weighted by atomic mass is 9.74. The highest BCUT2D eigenvalue weighted by Gasteiger charge is 2.52. The van der Waals surface area contributed by atoms with E-state index < -0.39 is 57.5 Å². The Kier molecular flexibility index (Phi) is 14.4. The number of methoxy groups -OCH3 is 1. The monoisotopic (exact) mass is 766 g/mol. The van der Waals surface area contributed by atoms with E-state index in [2.05, 4.69) is 16.7 Å². The van der Waals surface area contributed by atoms with E-state index in [9.17, 15) is 23.1 Å². The zero-order chi connectivity index (χ0) is 39.6. The maximum Gasteiger partial charge on any atom is 0.319 e. The molecule has 10 atom stereocenters. The van der Waals surface area contributed by atoms with Gasteiger partial charge in [-0.2, -0.15) is 4.31 Å². The van der Waals surface area contributed by atoms with Gasteiger partial charge in [0.2, 0.25) is 10.0 Å². The van der Waals surface area contributed by atoms with E-state index in [0.717, 1.165) is 5.56 Å². The Morgan fingerprint density at radius 1 is 1.00 bits per heavy atom. The van der Waals surface area contributed by atoms with Gasteiger partial charge < -0.3 is 29.0 Å². The number of esters is 1. The number of nitrogens with zero attached hydrogens (tertiary/aromatic N) is 4. The van der Waals surface area contributed by atoms with Crippen molar-refractivity contribution in [3.8, 4) is 0 Å². The second-order valence-electron chi connectivity index (χ2n) is 16.9. The molecule has 302 valence electrons. The van der Waals surface area contributed by atoms with Crippen molar-refractivity contribution in [1.29, 1.82) is 0 Å². The van der Waals surface area contributed by atoms with Gasteiger partial charge >= 0.3 is 5.97 Å². The number of carbonyl (C=O) groups excluding carboxylic acids is 2. The van der Waals surface area contributed by atoms with Crippen LogP contribution in [0.15, 0.2) is 29.2 Å². The SMILES string of the molecule is CO[C@]1(C)C[C@@H](C)CN(C)[C@@H](CN2CCN(S(=O)(=O)c3ccc(C)cc3)CC2)[C@H](C)OC(=O)C(C)(C)C(=O)[C@H](C)[C@H]1O[C@@H]1O[C@H](C)C[C@H](N(C)C)[C@H]1O. The summed E-state index contributed by atoms with van der Waals surface area (Å²) in [6.07, 6.45) is -2.48. The third-order valence-electron chi connectivity index (χ3n) is 11.8. The first-order chi connectivity index (χ1) is 24.6. The highest BCUT2D eigenvalue weighted by atomic mass is 32.2. The quantitative estimate of drug-likeness (QED) is 0.308. The average molecular weight is 767 g/mol. The van der Waals surface area contributed by atoms with Crippen LogP contribution in [-0.4, -0.2) is 160 Å². The van der Waals surface area contributed by atoms with Crippen LogP contribution in [0.1, 0.15) is 66.9 Å². The normalized spacial score (nSPS) is 36.4. The molecule has 1 aromatic rings. The summed E-state index contributed by atoms with van der Waals surface area (Å²) in [4.78, 5) is 35.0. The van der Waals surface area contributed by atoms with E-state index in [1.54, 1.807) is 40.0 Å². The number of Topliss-reactive ketones (excluding diaryl/α,β-unsaturated/α-hetero) is 1. The first kappa shape index (κ1) is 43.7. The molecule has 0 aromatic heterocycles. The highest BCUT2D eigenvalue weighted by Crippen LogP contribution is 2.38.